The van der Waals surface area contributed by atoms with Crippen LogP contribution in [-0.2, 0) is 14.3 Å². The van der Waals surface area contributed by atoms with Gasteiger partial charge in [-0.25, -0.2) is 0 Å². The number of hydrogen-bond acceptors (Lipinski definition) is 7. The highest BCUT2D eigenvalue weighted by Crippen LogP contribution is 2.58. The summed E-state index contributed by atoms with van der Waals surface area (Å²) < 4.78 is 16.8. The fourth-order valence-corrected chi connectivity index (χ4v) is 6.25. The van der Waals surface area contributed by atoms with Gasteiger partial charge in [-0.2, -0.15) is 0 Å². The fraction of sp³-hybridized carbons (Fsp3) is 0.667. The van der Waals surface area contributed by atoms with Crippen LogP contribution in [-0.4, -0.2) is 52.5 Å². The van der Waals surface area contributed by atoms with Crippen LogP contribution in [0.5, 0.6) is 11.5 Å². The summed E-state index contributed by atoms with van der Waals surface area (Å²) in [6, 6.07) is 0. The van der Waals surface area contributed by atoms with Crippen LogP contribution in [0.4, 0.5) is 0 Å². The molecule has 1 saturated heterocycles. The van der Waals surface area contributed by atoms with E-state index in [-0.39, 0.29) is 24.2 Å². The van der Waals surface area contributed by atoms with Crippen LogP contribution in [0.25, 0.3) is 0 Å². The van der Waals surface area contributed by atoms with E-state index in [2.05, 4.69) is 33.8 Å². The first kappa shape index (κ1) is 25.0. The van der Waals surface area contributed by atoms with E-state index >= 15 is 0 Å². The molecular weight excluding hydrogens is 436 g/mol. The van der Waals surface area contributed by atoms with Gasteiger partial charge in [0.25, 0.3) is 0 Å². The van der Waals surface area contributed by atoms with E-state index in [1.165, 1.54) is 23.6 Å². The van der Waals surface area contributed by atoms with E-state index in [0.29, 0.717) is 17.6 Å². The number of benzene rings is 1. The third-order valence-electron chi connectivity index (χ3n) is 7.77. The molecule has 5 unspecified atom stereocenters. The summed E-state index contributed by atoms with van der Waals surface area (Å²) in [6.07, 6.45) is 0.466. The highest BCUT2D eigenvalue weighted by atomic mass is 16.7. The molecule has 8 atom stereocenters. The lowest BCUT2D eigenvalue weighted by atomic mass is 9.62. The fourth-order valence-electron chi connectivity index (χ4n) is 6.25. The van der Waals surface area contributed by atoms with E-state index in [9.17, 15) is 20.1 Å². The Morgan fingerprint density at radius 3 is 2.41 bits per heavy atom. The SMILES string of the molecule is CC(=O)OC1COC(Oc2c(C)c3c4c(c2O)[C@@H](C)CC[C@@H]4[C@@H](C)CC3C=C(C)C)C(O)C1O. The number of rotatable bonds is 4. The average molecular weight is 475 g/mol. The first-order valence-electron chi connectivity index (χ1n) is 12.4. The van der Waals surface area contributed by atoms with Crippen LogP contribution in [0.1, 0.15) is 93.9 Å². The van der Waals surface area contributed by atoms with Crippen molar-refractivity contribution in [3.8, 4) is 11.5 Å². The Kier molecular flexibility index (Phi) is 7.00. The summed E-state index contributed by atoms with van der Waals surface area (Å²) in [4.78, 5) is 11.3. The Morgan fingerprint density at radius 1 is 1.06 bits per heavy atom. The van der Waals surface area contributed by atoms with Gasteiger partial charge < -0.3 is 29.5 Å². The van der Waals surface area contributed by atoms with Gasteiger partial charge in [0.15, 0.2) is 17.6 Å². The minimum absolute atomic E-state index is 0.103. The van der Waals surface area contributed by atoms with Crippen molar-refractivity contribution in [3.05, 3.63) is 33.9 Å². The van der Waals surface area contributed by atoms with Crippen LogP contribution in [0, 0.1) is 12.8 Å². The zero-order chi connectivity index (χ0) is 24.9. The van der Waals surface area contributed by atoms with Gasteiger partial charge in [0.1, 0.15) is 12.2 Å². The van der Waals surface area contributed by atoms with Crippen LogP contribution >= 0.6 is 0 Å². The van der Waals surface area contributed by atoms with Gasteiger partial charge in [-0.05, 0) is 74.5 Å². The van der Waals surface area contributed by atoms with Crippen LogP contribution in [0.2, 0.25) is 0 Å². The molecule has 34 heavy (non-hydrogen) atoms. The minimum atomic E-state index is -1.44. The lowest BCUT2D eigenvalue weighted by molar-refractivity contribution is -0.248. The first-order valence-corrected chi connectivity index (χ1v) is 12.4. The van der Waals surface area contributed by atoms with Crippen molar-refractivity contribution in [2.45, 2.75) is 103 Å². The maximum absolute atomic E-state index is 11.4. The molecule has 0 amide bonds. The number of aromatic hydroxyl groups is 1. The molecule has 0 radical (unpaired) electrons. The van der Waals surface area contributed by atoms with Crippen LogP contribution in [0.15, 0.2) is 11.6 Å². The molecule has 1 heterocycles. The van der Waals surface area contributed by atoms with Crippen molar-refractivity contribution in [2.75, 3.05) is 6.61 Å². The zero-order valence-electron chi connectivity index (χ0n) is 21.0. The smallest absolute Gasteiger partial charge is 0.303 e. The highest BCUT2D eigenvalue weighted by Gasteiger charge is 2.44. The second-order valence-corrected chi connectivity index (χ2v) is 10.6. The van der Waals surface area contributed by atoms with E-state index < -0.39 is 30.6 Å². The standard InChI is InChI=1S/C27H38O7/c1-12(2)9-17-10-14(4)18-8-7-13(3)20-22(18)21(17)15(5)26(24(20)30)34-27-25(31)23(29)19(11-32-27)33-16(6)28/h9,13-14,17-19,23,25,27,29-31H,7-8,10-11H2,1-6H3/t13-,14-,17?,18+,19?,23?,25?,27?/m0/s1. The topological polar surface area (TPSA) is 105 Å². The second kappa shape index (κ2) is 9.51. The van der Waals surface area contributed by atoms with E-state index in [4.69, 9.17) is 14.2 Å². The largest absolute Gasteiger partial charge is 0.504 e. The van der Waals surface area contributed by atoms with E-state index in [1.54, 1.807) is 0 Å². The third-order valence-corrected chi connectivity index (χ3v) is 7.77. The summed E-state index contributed by atoms with van der Waals surface area (Å²) in [5.41, 5.74) is 5.50. The summed E-state index contributed by atoms with van der Waals surface area (Å²) in [5, 5.41) is 32.6. The highest BCUT2D eigenvalue weighted by molar-refractivity contribution is 5.66. The maximum atomic E-state index is 11.4. The van der Waals surface area contributed by atoms with Crippen molar-refractivity contribution in [1.82, 2.24) is 0 Å². The van der Waals surface area contributed by atoms with Gasteiger partial charge in [-0.15, -0.1) is 0 Å². The Morgan fingerprint density at radius 2 is 1.76 bits per heavy atom. The van der Waals surface area contributed by atoms with Gasteiger partial charge in [0.05, 0.1) is 6.61 Å². The molecule has 1 fully saturated rings. The van der Waals surface area contributed by atoms with Crippen molar-refractivity contribution < 1.29 is 34.3 Å². The number of carbonyl (C=O) groups is 1. The Balaban J connectivity index is 1.76. The van der Waals surface area contributed by atoms with E-state index in [1.807, 2.05) is 6.92 Å². The molecule has 188 valence electrons. The molecule has 4 rings (SSSR count). The molecule has 2 aliphatic carbocycles. The summed E-state index contributed by atoms with van der Waals surface area (Å²) in [7, 11) is 0. The van der Waals surface area contributed by atoms with Crippen molar-refractivity contribution in [2.24, 2.45) is 5.92 Å². The third kappa shape index (κ3) is 4.34. The molecule has 7 nitrogen and oxygen atoms in total. The molecule has 0 aromatic heterocycles. The number of aliphatic hydroxyl groups excluding tert-OH is 2. The number of allylic oxidation sites excluding steroid dienone is 2. The van der Waals surface area contributed by atoms with Crippen molar-refractivity contribution >= 4 is 5.97 Å². The van der Waals surface area contributed by atoms with Crippen molar-refractivity contribution in [1.29, 1.82) is 0 Å². The minimum Gasteiger partial charge on any atom is -0.504 e. The molecule has 1 aliphatic heterocycles. The summed E-state index contributed by atoms with van der Waals surface area (Å²) in [5.74, 6) is 1.16. The summed E-state index contributed by atoms with van der Waals surface area (Å²) >= 11 is 0. The van der Waals surface area contributed by atoms with Gasteiger partial charge in [0.2, 0.25) is 6.29 Å². The molecule has 0 saturated carbocycles. The lowest BCUT2D eigenvalue weighted by Crippen LogP contribution is -2.56. The molecule has 3 N–H and O–H groups in total. The van der Waals surface area contributed by atoms with E-state index in [0.717, 1.165) is 30.4 Å². The quantitative estimate of drug-likeness (QED) is 0.444. The number of aliphatic hydroxyl groups is 2. The monoisotopic (exact) mass is 474 g/mol. The average Bonchev–Trinajstić information content (AvgIpc) is 2.74. The Bertz CT molecular complexity index is 980. The normalized spacial score (nSPS) is 34.7. The van der Waals surface area contributed by atoms with Crippen LogP contribution in [0.3, 0.4) is 0 Å². The number of hydrogen-bond donors (Lipinski definition) is 3. The molecule has 7 heteroatoms. The number of phenols is 1. The molecule has 1 aromatic rings. The number of esters is 1. The number of phenolic OH excluding ortho intramolecular Hbond substituents is 1. The van der Waals surface area contributed by atoms with Crippen LogP contribution < -0.4 is 4.74 Å². The van der Waals surface area contributed by atoms with Gasteiger partial charge in [0, 0.05) is 18.4 Å². The van der Waals surface area contributed by atoms with Gasteiger partial charge in [-0.1, -0.05) is 25.5 Å². The van der Waals surface area contributed by atoms with Gasteiger partial charge >= 0.3 is 5.97 Å². The molecule has 0 spiro atoms. The van der Waals surface area contributed by atoms with Gasteiger partial charge in [-0.3, -0.25) is 4.79 Å². The molecule has 3 aliphatic rings. The predicted octanol–water partition coefficient (Wildman–Crippen LogP) is 4.16. The molecular formula is C27H38O7. The zero-order valence-corrected chi connectivity index (χ0v) is 21.0. The lowest BCUT2D eigenvalue weighted by Gasteiger charge is -2.44. The summed E-state index contributed by atoms with van der Waals surface area (Å²) in [6.45, 7) is 11.7. The Labute approximate surface area is 201 Å². The molecule has 0 bridgehead atoms. The second-order valence-electron chi connectivity index (χ2n) is 10.6. The molecule has 1 aromatic carbocycles. The number of ether oxygens (including phenoxy) is 3. The number of carbonyl (C=O) groups excluding carboxylic acids is 1. The predicted molar refractivity (Wildman–Crippen MR) is 127 cm³/mol. The first-order chi connectivity index (χ1) is 16.0. The van der Waals surface area contributed by atoms with Crippen molar-refractivity contribution in [3.63, 3.8) is 0 Å². The maximum Gasteiger partial charge on any atom is 0.303 e. The Hall–Kier alpha value is -2.09.